The van der Waals surface area contributed by atoms with Gasteiger partial charge in [-0.3, -0.25) is 0 Å². The van der Waals surface area contributed by atoms with Gasteiger partial charge in [0.1, 0.15) is 0 Å². The normalized spacial score (nSPS) is 12.6. The quantitative estimate of drug-likeness (QED) is 0.862. The lowest BCUT2D eigenvalue weighted by Gasteiger charge is -2.11. The van der Waals surface area contributed by atoms with E-state index in [0.29, 0.717) is 6.54 Å². The predicted molar refractivity (Wildman–Crippen MR) is 83.8 cm³/mol. The Morgan fingerprint density at radius 1 is 1.20 bits per heavy atom. The smallest absolute Gasteiger partial charge is 0.231 e. The third-order valence-corrected chi connectivity index (χ3v) is 4.19. The van der Waals surface area contributed by atoms with E-state index < -0.39 is 0 Å². The molecule has 1 heterocycles. The predicted octanol–water partition coefficient (Wildman–Crippen LogP) is 4.75. The van der Waals surface area contributed by atoms with E-state index in [0.717, 1.165) is 37.8 Å². The second-order valence-electron chi connectivity index (χ2n) is 4.63. The van der Waals surface area contributed by atoms with Gasteiger partial charge in [0.2, 0.25) is 6.79 Å². The highest BCUT2D eigenvalue weighted by Gasteiger charge is 2.16. The molecule has 0 saturated heterocycles. The lowest BCUT2D eigenvalue weighted by molar-refractivity contribution is 0.174. The van der Waals surface area contributed by atoms with E-state index in [9.17, 15) is 0 Å². The Hall–Kier alpha value is -1.39. The first-order valence-corrected chi connectivity index (χ1v) is 7.38. The topological polar surface area (TPSA) is 30.5 Å². The van der Waals surface area contributed by atoms with Gasteiger partial charge in [0.15, 0.2) is 11.5 Å². The van der Waals surface area contributed by atoms with Crippen LogP contribution < -0.4 is 14.8 Å². The molecule has 1 N–H and O–H groups in total. The van der Waals surface area contributed by atoms with E-state index >= 15 is 0 Å². The van der Waals surface area contributed by atoms with Crippen molar-refractivity contribution in [1.82, 2.24) is 0 Å². The highest BCUT2D eigenvalue weighted by molar-refractivity contribution is 9.10. The summed E-state index contributed by atoms with van der Waals surface area (Å²) in [5.41, 5.74) is 3.15. The summed E-state index contributed by atoms with van der Waals surface area (Å²) in [6.45, 7) is 2.95. The zero-order valence-electron chi connectivity index (χ0n) is 10.9. The van der Waals surface area contributed by atoms with Crippen molar-refractivity contribution in [2.45, 2.75) is 13.5 Å². The molecule has 3 rings (SSSR count). The number of nitrogens with one attached hydrogen (secondary N) is 1. The largest absolute Gasteiger partial charge is 0.454 e. The van der Waals surface area contributed by atoms with E-state index in [1.807, 2.05) is 37.3 Å². The fourth-order valence-corrected chi connectivity index (χ4v) is 2.81. The van der Waals surface area contributed by atoms with Crippen LogP contribution in [-0.4, -0.2) is 6.79 Å². The van der Waals surface area contributed by atoms with Crippen LogP contribution in [0.5, 0.6) is 11.5 Å². The monoisotopic (exact) mass is 353 g/mol. The molecule has 0 bridgehead atoms. The van der Waals surface area contributed by atoms with Crippen molar-refractivity contribution in [3.05, 3.63) is 51.0 Å². The number of aryl methyl sites for hydroxylation is 1. The summed E-state index contributed by atoms with van der Waals surface area (Å²) in [6.07, 6.45) is 0. The molecule has 0 spiro atoms. The zero-order valence-corrected chi connectivity index (χ0v) is 13.2. The summed E-state index contributed by atoms with van der Waals surface area (Å²) in [4.78, 5) is 0. The number of hydrogen-bond acceptors (Lipinski definition) is 3. The Bertz CT molecular complexity index is 661. The van der Waals surface area contributed by atoms with Gasteiger partial charge in [-0.2, -0.15) is 0 Å². The highest BCUT2D eigenvalue weighted by Crippen LogP contribution is 2.37. The molecule has 0 unspecified atom stereocenters. The Kier molecular flexibility index (Phi) is 3.76. The molecule has 2 aromatic rings. The van der Waals surface area contributed by atoms with Crippen LogP contribution in [0.15, 0.2) is 34.8 Å². The number of benzene rings is 2. The molecular formula is C15H13BrClNO2. The summed E-state index contributed by atoms with van der Waals surface area (Å²) in [7, 11) is 0. The lowest BCUT2D eigenvalue weighted by atomic mass is 10.2. The SMILES string of the molecule is Cc1ccc(NCc2cc3c(cc2Br)OCO3)c(Cl)c1. The van der Waals surface area contributed by atoms with Gasteiger partial charge < -0.3 is 14.8 Å². The minimum absolute atomic E-state index is 0.280. The van der Waals surface area contributed by atoms with Crippen molar-refractivity contribution < 1.29 is 9.47 Å². The Morgan fingerprint density at radius 3 is 2.70 bits per heavy atom. The molecule has 1 aliphatic rings. The van der Waals surface area contributed by atoms with Crippen molar-refractivity contribution in [3.8, 4) is 11.5 Å². The molecule has 0 fully saturated rings. The molecule has 0 aliphatic carbocycles. The Morgan fingerprint density at radius 2 is 1.95 bits per heavy atom. The average molecular weight is 355 g/mol. The molecule has 1 aliphatic heterocycles. The molecule has 0 amide bonds. The first kappa shape index (κ1) is 13.6. The van der Waals surface area contributed by atoms with Gasteiger partial charge in [0.05, 0.1) is 10.7 Å². The number of rotatable bonds is 3. The standard InChI is InChI=1S/C15H13BrClNO2/c1-9-2-3-13(12(17)4-9)18-7-10-5-14-15(6-11(10)16)20-8-19-14/h2-6,18H,7-8H2,1H3. The van der Waals surface area contributed by atoms with E-state index in [4.69, 9.17) is 21.1 Å². The van der Waals surface area contributed by atoms with E-state index in [1.54, 1.807) is 0 Å². The molecule has 0 aromatic heterocycles. The maximum Gasteiger partial charge on any atom is 0.231 e. The van der Waals surface area contributed by atoms with Crippen molar-refractivity contribution in [3.63, 3.8) is 0 Å². The molecule has 0 saturated carbocycles. The molecule has 0 radical (unpaired) electrons. The third-order valence-electron chi connectivity index (χ3n) is 3.14. The van der Waals surface area contributed by atoms with Crippen LogP contribution in [0.2, 0.25) is 5.02 Å². The molecule has 104 valence electrons. The summed E-state index contributed by atoms with van der Waals surface area (Å²) in [5, 5.41) is 4.05. The summed E-state index contributed by atoms with van der Waals surface area (Å²) in [5.74, 6) is 1.55. The summed E-state index contributed by atoms with van der Waals surface area (Å²) in [6, 6.07) is 9.86. The van der Waals surface area contributed by atoms with Gasteiger partial charge in [-0.15, -0.1) is 0 Å². The molecule has 0 atom stereocenters. The minimum atomic E-state index is 0.280. The van der Waals surface area contributed by atoms with E-state index in [1.165, 1.54) is 0 Å². The van der Waals surface area contributed by atoms with Crippen molar-refractivity contribution in [2.24, 2.45) is 0 Å². The Balaban J connectivity index is 1.78. The molecule has 20 heavy (non-hydrogen) atoms. The Labute approximate surface area is 131 Å². The first-order chi connectivity index (χ1) is 9.63. The van der Waals surface area contributed by atoms with E-state index in [-0.39, 0.29) is 6.79 Å². The molecule has 5 heteroatoms. The lowest BCUT2D eigenvalue weighted by Crippen LogP contribution is -2.01. The van der Waals surface area contributed by atoms with Crippen molar-refractivity contribution >= 4 is 33.2 Å². The van der Waals surface area contributed by atoms with Gasteiger partial charge in [-0.05, 0) is 42.3 Å². The second kappa shape index (κ2) is 5.54. The third kappa shape index (κ3) is 2.72. The zero-order chi connectivity index (χ0) is 14.1. The second-order valence-corrected chi connectivity index (χ2v) is 5.90. The van der Waals surface area contributed by atoms with Crippen molar-refractivity contribution in [1.29, 1.82) is 0 Å². The van der Waals surface area contributed by atoms with Crippen LogP contribution in [0, 0.1) is 6.92 Å². The van der Waals surface area contributed by atoms with Gasteiger partial charge in [0.25, 0.3) is 0 Å². The van der Waals surface area contributed by atoms with Crippen LogP contribution in [0.25, 0.3) is 0 Å². The average Bonchev–Trinajstić information content (AvgIpc) is 2.84. The summed E-state index contributed by atoms with van der Waals surface area (Å²) >= 11 is 9.76. The first-order valence-electron chi connectivity index (χ1n) is 6.21. The minimum Gasteiger partial charge on any atom is -0.454 e. The maximum absolute atomic E-state index is 6.21. The van der Waals surface area contributed by atoms with Crippen molar-refractivity contribution in [2.75, 3.05) is 12.1 Å². The van der Waals surface area contributed by atoms with Crippen LogP contribution in [-0.2, 0) is 6.54 Å². The fourth-order valence-electron chi connectivity index (χ4n) is 2.05. The van der Waals surface area contributed by atoms with Gasteiger partial charge in [-0.25, -0.2) is 0 Å². The highest BCUT2D eigenvalue weighted by atomic mass is 79.9. The molecule has 3 nitrogen and oxygen atoms in total. The van der Waals surface area contributed by atoms with E-state index in [2.05, 4.69) is 21.2 Å². The maximum atomic E-state index is 6.21. The van der Waals surface area contributed by atoms with Gasteiger partial charge >= 0.3 is 0 Å². The summed E-state index contributed by atoms with van der Waals surface area (Å²) < 4.78 is 11.7. The molecule has 2 aromatic carbocycles. The number of anilines is 1. The van der Waals surface area contributed by atoms with Crippen LogP contribution >= 0.6 is 27.5 Å². The fraction of sp³-hybridized carbons (Fsp3) is 0.200. The van der Waals surface area contributed by atoms with Gasteiger partial charge in [-0.1, -0.05) is 33.6 Å². The number of halogens is 2. The van der Waals surface area contributed by atoms with Crippen LogP contribution in [0.1, 0.15) is 11.1 Å². The molecular weight excluding hydrogens is 342 g/mol. The van der Waals surface area contributed by atoms with Crippen LogP contribution in [0.3, 0.4) is 0 Å². The number of fused-ring (bicyclic) bond motifs is 1. The number of ether oxygens (including phenoxy) is 2. The van der Waals surface area contributed by atoms with Crippen LogP contribution in [0.4, 0.5) is 5.69 Å². The number of hydrogen-bond donors (Lipinski definition) is 1. The van der Waals surface area contributed by atoms with Gasteiger partial charge in [0, 0.05) is 11.0 Å².